The molecule has 2 saturated heterocycles. The number of halogens is 4. The lowest BCUT2D eigenvalue weighted by Crippen LogP contribution is -2.65. The predicted octanol–water partition coefficient (Wildman–Crippen LogP) is 7.85. The van der Waals surface area contributed by atoms with Gasteiger partial charge in [0, 0.05) is 64.8 Å². The fourth-order valence-corrected chi connectivity index (χ4v) is 8.01. The van der Waals surface area contributed by atoms with E-state index in [4.69, 9.17) is 54.0 Å². The minimum atomic E-state index is -0.332. The third-order valence-corrected chi connectivity index (χ3v) is 10.9. The average Bonchev–Trinajstić information content (AvgIpc) is 3.62. The van der Waals surface area contributed by atoms with E-state index in [9.17, 15) is 4.79 Å². The Hall–Kier alpha value is -3.93. The summed E-state index contributed by atoms with van der Waals surface area (Å²) in [6, 6.07) is 9.34. The van der Waals surface area contributed by atoms with Gasteiger partial charge in [0.25, 0.3) is 0 Å². The molecule has 2 aromatic carbocycles. The number of alkyl halides is 1. The van der Waals surface area contributed by atoms with E-state index in [-0.39, 0.29) is 29.2 Å². The number of ether oxygens (including phenoxy) is 3. The Morgan fingerprint density at radius 2 is 1.69 bits per heavy atom. The van der Waals surface area contributed by atoms with Crippen LogP contribution >= 0.6 is 47.2 Å². The van der Waals surface area contributed by atoms with E-state index < -0.39 is 0 Å². The summed E-state index contributed by atoms with van der Waals surface area (Å²) in [5.41, 5.74) is 5.16. The highest BCUT2D eigenvalue weighted by molar-refractivity contribution is 6.41. The SMILES string of the molecule is C=CC(=O)Nc1cc(-c2cc3c(cn2)cc(-c2c(Cl)c(OC)cc(OC)c2Cl)c2nccn23)c(OC)cc1N1CC2(CCNCC2)C1Cl.Cl. The van der Waals surface area contributed by atoms with Gasteiger partial charge in [-0.1, -0.05) is 41.4 Å². The zero-order chi connectivity index (χ0) is 33.7. The molecule has 1 amide bonds. The van der Waals surface area contributed by atoms with E-state index in [0.29, 0.717) is 61.0 Å². The van der Waals surface area contributed by atoms with Crippen molar-refractivity contribution >= 4 is 81.0 Å². The molecule has 0 aliphatic carbocycles. The van der Waals surface area contributed by atoms with Gasteiger partial charge in [0.2, 0.25) is 5.91 Å². The van der Waals surface area contributed by atoms with E-state index in [2.05, 4.69) is 27.1 Å². The maximum atomic E-state index is 12.6. The molecule has 256 valence electrons. The highest BCUT2D eigenvalue weighted by Gasteiger charge is 2.52. The summed E-state index contributed by atoms with van der Waals surface area (Å²) in [7, 11) is 4.68. The first-order chi connectivity index (χ1) is 23.2. The molecule has 49 heavy (non-hydrogen) atoms. The van der Waals surface area contributed by atoms with Gasteiger partial charge in [-0.05, 0) is 50.2 Å². The normalized spacial score (nSPS) is 16.6. The molecular formula is C35H34Cl4N6O4. The maximum Gasteiger partial charge on any atom is 0.247 e. The zero-order valence-electron chi connectivity index (χ0n) is 27.0. The molecule has 2 aliphatic rings. The Labute approximate surface area is 304 Å². The van der Waals surface area contributed by atoms with Gasteiger partial charge in [0.05, 0.1) is 54.0 Å². The van der Waals surface area contributed by atoms with Crippen molar-refractivity contribution in [3.63, 3.8) is 0 Å². The maximum absolute atomic E-state index is 12.6. The highest BCUT2D eigenvalue weighted by atomic mass is 35.5. The van der Waals surface area contributed by atoms with E-state index >= 15 is 0 Å². The van der Waals surface area contributed by atoms with Crippen molar-refractivity contribution in [1.29, 1.82) is 0 Å². The van der Waals surface area contributed by atoms with Crippen LogP contribution in [0.4, 0.5) is 11.4 Å². The molecule has 14 heteroatoms. The molecule has 1 atom stereocenters. The predicted molar refractivity (Wildman–Crippen MR) is 199 cm³/mol. The van der Waals surface area contributed by atoms with Gasteiger partial charge in [-0.2, -0.15) is 0 Å². The zero-order valence-corrected chi connectivity index (χ0v) is 30.1. The molecule has 0 radical (unpaired) electrons. The fourth-order valence-electron chi connectivity index (χ4n) is 6.85. The van der Waals surface area contributed by atoms with Crippen LogP contribution in [0.3, 0.4) is 0 Å². The van der Waals surface area contributed by atoms with Gasteiger partial charge in [-0.15, -0.1) is 12.4 Å². The lowest BCUT2D eigenvalue weighted by atomic mass is 9.71. The average molecular weight is 745 g/mol. The van der Waals surface area contributed by atoms with Gasteiger partial charge in [-0.3, -0.25) is 14.2 Å². The number of benzene rings is 2. The van der Waals surface area contributed by atoms with Crippen LogP contribution in [-0.4, -0.2) is 66.7 Å². The molecule has 0 saturated carbocycles. The highest BCUT2D eigenvalue weighted by Crippen LogP contribution is 2.52. The summed E-state index contributed by atoms with van der Waals surface area (Å²) in [6.45, 7) is 6.30. The van der Waals surface area contributed by atoms with Crippen molar-refractivity contribution in [1.82, 2.24) is 19.7 Å². The molecule has 2 aliphatic heterocycles. The van der Waals surface area contributed by atoms with E-state index in [0.717, 1.165) is 49.1 Å². The van der Waals surface area contributed by atoms with Crippen LogP contribution in [0.2, 0.25) is 10.0 Å². The number of nitrogens with zero attached hydrogens (tertiary/aromatic N) is 4. The molecule has 1 spiro atoms. The number of carbonyl (C=O) groups excluding carboxylic acids is 1. The molecule has 5 heterocycles. The second-order valence-corrected chi connectivity index (χ2v) is 13.1. The summed E-state index contributed by atoms with van der Waals surface area (Å²) in [5.74, 6) is 1.10. The fraction of sp³-hybridized carbons (Fsp3) is 0.286. The van der Waals surface area contributed by atoms with Crippen LogP contribution in [0.15, 0.2) is 61.6 Å². The molecule has 5 aromatic rings. The van der Waals surface area contributed by atoms with Crippen molar-refractivity contribution < 1.29 is 19.0 Å². The number of aromatic nitrogens is 3. The minimum Gasteiger partial charge on any atom is -0.496 e. The van der Waals surface area contributed by atoms with Gasteiger partial charge < -0.3 is 29.7 Å². The van der Waals surface area contributed by atoms with Crippen LogP contribution in [0.5, 0.6) is 17.2 Å². The monoisotopic (exact) mass is 742 g/mol. The molecule has 7 rings (SSSR count). The van der Waals surface area contributed by atoms with Crippen molar-refractivity contribution in [2.45, 2.75) is 18.3 Å². The van der Waals surface area contributed by atoms with Crippen molar-refractivity contribution in [2.24, 2.45) is 5.41 Å². The Kier molecular flexibility index (Phi) is 9.81. The number of hydrogen-bond acceptors (Lipinski definition) is 8. The number of rotatable bonds is 8. The van der Waals surface area contributed by atoms with Crippen LogP contribution < -0.4 is 29.7 Å². The van der Waals surface area contributed by atoms with Crippen LogP contribution in [-0.2, 0) is 4.79 Å². The number of amides is 1. The number of piperidine rings is 1. The molecule has 2 fully saturated rings. The Balaban J connectivity index is 0.00000417. The van der Waals surface area contributed by atoms with Crippen LogP contribution in [0.1, 0.15) is 12.8 Å². The lowest BCUT2D eigenvalue weighted by Gasteiger charge is -2.58. The largest absolute Gasteiger partial charge is 0.496 e. The number of pyridine rings is 2. The van der Waals surface area contributed by atoms with Crippen molar-refractivity contribution in [2.75, 3.05) is 51.2 Å². The van der Waals surface area contributed by atoms with E-state index in [1.807, 2.05) is 34.9 Å². The number of methoxy groups -OCH3 is 3. The molecule has 0 bridgehead atoms. The van der Waals surface area contributed by atoms with Crippen molar-refractivity contribution in [3.05, 3.63) is 71.6 Å². The van der Waals surface area contributed by atoms with E-state index in [1.54, 1.807) is 25.6 Å². The molecular weight excluding hydrogens is 710 g/mol. The lowest BCUT2D eigenvalue weighted by molar-refractivity contribution is -0.111. The summed E-state index contributed by atoms with van der Waals surface area (Å²) in [6.07, 6.45) is 8.58. The van der Waals surface area contributed by atoms with E-state index in [1.165, 1.54) is 20.3 Å². The second kappa shape index (κ2) is 13.8. The van der Waals surface area contributed by atoms with Gasteiger partial charge in [0.1, 0.15) is 28.4 Å². The Bertz CT molecular complexity index is 2070. The standard InChI is InChI=1S/C35H33Cl3N6O4.ClH/c1-5-29(45)42-23-13-20(26(46-2)15-25(23)44-18-35(34(44)38)6-8-39-9-7-35)22-14-24-19(17-41-22)12-21(33-40-10-11-43(24)33)30-31(36)27(47-3)16-28(48-4)32(30)37;/h5,10-17,34,39H,1,6-9,18H2,2-4H3,(H,42,45);1H. The number of hydrogen-bond donors (Lipinski definition) is 2. The van der Waals surface area contributed by atoms with Crippen LogP contribution in [0, 0.1) is 5.41 Å². The Morgan fingerprint density at radius 1 is 1.00 bits per heavy atom. The Morgan fingerprint density at radius 3 is 2.33 bits per heavy atom. The topological polar surface area (TPSA) is 102 Å². The summed E-state index contributed by atoms with van der Waals surface area (Å²) < 4.78 is 18.9. The summed E-state index contributed by atoms with van der Waals surface area (Å²) >= 11 is 20.7. The quantitative estimate of drug-likeness (QED) is 0.0942. The summed E-state index contributed by atoms with van der Waals surface area (Å²) in [5, 5.41) is 7.89. The smallest absolute Gasteiger partial charge is 0.247 e. The first-order valence-corrected chi connectivity index (χ1v) is 16.6. The molecule has 1 unspecified atom stereocenters. The number of carbonyl (C=O) groups is 1. The number of imidazole rings is 1. The minimum absolute atomic E-state index is 0. The first-order valence-electron chi connectivity index (χ1n) is 15.4. The van der Waals surface area contributed by atoms with Gasteiger partial charge in [0.15, 0.2) is 0 Å². The number of nitrogens with one attached hydrogen (secondary N) is 2. The summed E-state index contributed by atoms with van der Waals surface area (Å²) in [4.78, 5) is 24.3. The van der Waals surface area contributed by atoms with Gasteiger partial charge >= 0.3 is 0 Å². The third-order valence-electron chi connectivity index (χ3n) is 9.41. The van der Waals surface area contributed by atoms with Crippen molar-refractivity contribution in [3.8, 4) is 39.6 Å². The third kappa shape index (κ3) is 5.79. The molecule has 3 aromatic heterocycles. The molecule has 2 N–H and O–H groups in total. The second-order valence-electron chi connectivity index (χ2n) is 11.9. The first kappa shape index (κ1) is 34.9. The number of anilines is 2. The van der Waals surface area contributed by atoms with Gasteiger partial charge in [-0.25, -0.2) is 4.98 Å². The van der Waals surface area contributed by atoms with Crippen LogP contribution in [0.25, 0.3) is 38.9 Å². The number of fused-ring (bicyclic) bond motifs is 3. The molecule has 10 nitrogen and oxygen atoms in total.